The molecule has 21 heavy (non-hydrogen) atoms. The van der Waals surface area contributed by atoms with Crippen molar-refractivity contribution >= 4 is 44.6 Å². The second kappa shape index (κ2) is 6.55. The Labute approximate surface area is 138 Å². The molecule has 0 amide bonds. The van der Waals surface area contributed by atoms with Crippen LogP contribution in [-0.4, -0.2) is 8.42 Å². The Kier molecular flexibility index (Phi) is 5.17. The highest BCUT2D eigenvalue weighted by Crippen LogP contribution is 2.32. The highest BCUT2D eigenvalue weighted by atomic mass is 35.5. The number of benzene rings is 2. The van der Waals surface area contributed by atoms with Gasteiger partial charge in [0.25, 0.3) is 0 Å². The standard InChI is InChI=1S/C14H12Cl3NO2S/c15-11-2-1-3-12(16)14(11)21(19,20)8-10-5-4-9(7-18)6-13(10)17/h1-6H,7-8,18H2. The highest BCUT2D eigenvalue weighted by Gasteiger charge is 2.23. The lowest BCUT2D eigenvalue weighted by atomic mass is 10.1. The maximum absolute atomic E-state index is 12.5. The van der Waals surface area contributed by atoms with Gasteiger partial charge in [0.15, 0.2) is 9.84 Å². The molecule has 2 rings (SSSR count). The summed E-state index contributed by atoms with van der Waals surface area (Å²) in [7, 11) is -3.70. The molecule has 2 aromatic rings. The molecule has 3 nitrogen and oxygen atoms in total. The molecule has 2 N–H and O–H groups in total. The van der Waals surface area contributed by atoms with Crippen molar-refractivity contribution < 1.29 is 8.42 Å². The zero-order valence-corrected chi connectivity index (χ0v) is 13.9. The molecule has 0 bridgehead atoms. The first-order valence-corrected chi connectivity index (χ1v) is 8.78. The summed E-state index contributed by atoms with van der Waals surface area (Å²) in [6.07, 6.45) is 0. The summed E-state index contributed by atoms with van der Waals surface area (Å²) in [6, 6.07) is 9.60. The lowest BCUT2D eigenvalue weighted by molar-refractivity contribution is 0.595. The zero-order chi connectivity index (χ0) is 15.6. The van der Waals surface area contributed by atoms with E-state index in [1.165, 1.54) is 12.1 Å². The van der Waals surface area contributed by atoms with E-state index in [9.17, 15) is 8.42 Å². The Balaban J connectivity index is 2.43. The summed E-state index contributed by atoms with van der Waals surface area (Å²) in [6.45, 7) is 0.336. The third kappa shape index (κ3) is 3.71. The largest absolute Gasteiger partial charge is 0.326 e. The van der Waals surface area contributed by atoms with Gasteiger partial charge in [-0.15, -0.1) is 0 Å². The monoisotopic (exact) mass is 363 g/mol. The topological polar surface area (TPSA) is 60.2 Å². The summed E-state index contributed by atoms with van der Waals surface area (Å²) >= 11 is 18.0. The van der Waals surface area contributed by atoms with Crippen molar-refractivity contribution in [1.82, 2.24) is 0 Å². The summed E-state index contributed by atoms with van der Waals surface area (Å²) in [5.41, 5.74) is 6.82. The minimum atomic E-state index is -3.70. The van der Waals surface area contributed by atoms with Crippen LogP contribution < -0.4 is 5.73 Å². The van der Waals surface area contributed by atoms with Gasteiger partial charge in [0.1, 0.15) is 4.90 Å². The van der Waals surface area contributed by atoms with E-state index < -0.39 is 9.84 Å². The lowest BCUT2D eigenvalue weighted by Crippen LogP contribution is -2.07. The van der Waals surface area contributed by atoms with Gasteiger partial charge in [0.05, 0.1) is 15.8 Å². The van der Waals surface area contributed by atoms with E-state index in [0.717, 1.165) is 5.56 Å². The van der Waals surface area contributed by atoms with Crippen molar-refractivity contribution in [1.29, 1.82) is 0 Å². The van der Waals surface area contributed by atoms with Gasteiger partial charge in [0, 0.05) is 11.6 Å². The maximum Gasteiger partial charge on any atom is 0.185 e. The molecule has 0 saturated carbocycles. The molecule has 0 aliphatic heterocycles. The summed E-state index contributed by atoms with van der Waals surface area (Å²) in [5.74, 6) is -0.278. The highest BCUT2D eigenvalue weighted by molar-refractivity contribution is 7.90. The zero-order valence-electron chi connectivity index (χ0n) is 10.8. The summed E-state index contributed by atoms with van der Waals surface area (Å²) in [5, 5.41) is 0.541. The first-order valence-electron chi connectivity index (χ1n) is 5.99. The Morgan fingerprint density at radius 1 is 0.952 bits per heavy atom. The van der Waals surface area contributed by atoms with Crippen LogP contribution in [0.5, 0.6) is 0 Å². The average molecular weight is 365 g/mol. The lowest BCUT2D eigenvalue weighted by Gasteiger charge is -2.10. The maximum atomic E-state index is 12.5. The molecule has 0 spiro atoms. The third-order valence-corrected chi connectivity index (χ3v) is 5.89. The molecule has 0 aliphatic rings. The van der Waals surface area contributed by atoms with E-state index >= 15 is 0 Å². The quantitative estimate of drug-likeness (QED) is 0.889. The van der Waals surface area contributed by atoms with Crippen molar-refractivity contribution in [2.75, 3.05) is 0 Å². The van der Waals surface area contributed by atoms with E-state index in [-0.39, 0.29) is 20.7 Å². The number of halogens is 3. The smallest absolute Gasteiger partial charge is 0.185 e. The number of hydrogen-bond acceptors (Lipinski definition) is 3. The normalized spacial score (nSPS) is 11.6. The van der Waals surface area contributed by atoms with Crippen LogP contribution in [0.15, 0.2) is 41.3 Å². The molecule has 112 valence electrons. The van der Waals surface area contributed by atoms with Crippen LogP contribution in [0.2, 0.25) is 15.1 Å². The molecule has 0 atom stereocenters. The molecule has 2 aromatic carbocycles. The number of hydrogen-bond donors (Lipinski definition) is 1. The predicted octanol–water partition coefficient (Wildman–Crippen LogP) is 4.08. The molecule has 7 heteroatoms. The van der Waals surface area contributed by atoms with Gasteiger partial charge in [0.2, 0.25) is 0 Å². The van der Waals surface area contributed by atoms with Crippen LogP contribution in [0.1, 0.15) is 11.1 Å². The van der Waals surface area contributed by atoms with Crippen LogP contribution in [0, 0.1) is 0 Å². The molecule has 0 aromatic heterocycles. The molecule has 0 unspecified atom stereocenters. The molecule has 0 fully saturated rings. The second-order valence-electron chi connectivity index (χ2n) is 4.44. The molecular weight excluding hydrogens is 353 g/mol. The van der Waals surface area contributed by atoms with Gasteiger partial charge in [-0.2, -0.15) is 0 Å². The number of nitrogens with two attached hydrogens (primary N) is 1. The van der Waals surface area contributed by atoms with Gasteiger partial charge in [-0.3, -0.25) is 0 Å². The molecule has 0 heterocycles. The van der Waals surface area contributed by atoms with Crippen LogP contribution in [0.25, 0.3) is 0 Å². The summed E-state index contributed by atoms with van der Waals surface area (Å²) < 4.78 is 25.0. The summed E-state index contributed by atoms with van der Waals surface area (Å²) in [4.78, 5) is -0.0766. The molecule has 0 radical (unpaired) electrons. The van der Waals surface area contributed by atoms with E-state index in [1.54, 1.807) is 24.3 Å². The number of sulfone groups is 1. The minimum Gasteiger partial charge on any atom is -0.326 e. The van der Waals surface area contributed by atoms with Crippen molar-refractivity contribution in [3.05, 3.63) is 62.6 Å². The Bertz CT molecular complexity index is 756. The van der Waals surface area contributed by atoms with Gasteiger partial charge >= 0.3 is 0 Å². The fraction of sp³-hybridized carbons (Fsp3) is 0.143. The second-order valence-corrected chi connectivity index (χ2v) is 7.59. The van der Waals surface area contributed by atoms with Crippen LogP contribution in [0.3, 0.4) is 0 Å². The van der Waals surface area contributed by atoms with Gasteiger partial charge in [-0.05, 0) is 29.3 Å². The Hall–Kier alpha value is -0.780. The van der Waals surface area contributed by atoms with Crippen molar-refractivity contribution in [3.63, 3.8) is 0 Å². The molecule has 0 saturated heterocycles. The van der Waals surface area contributed by atoms with E-state index in [0.29, 0.717) is 17.1 Å². The van der Waals surface area contributed by atoms with Crippen molar-refractivity contribution in [2.45, 2.75) is 17.2 Å². The van der Waals surface area contributed by atoms with Crippen LogP contribution >= 0.6 is 34.8 Å². The van der Waals surface area contributed by atoms with Crippen molar-refractivity contribution in [3.8, 4) is 0 Å². The average Bonchev–Trinajstić information content (AvgIpc) is 2.40. The van der Waals surface area contributed by atoms with Crippen LogP contribution in [0.4, 0.5) is 0 Å². The first kappa shape index (κ1) is 16.6. The van der Waals surface area contributed by atoms with Crippen molar-refractivity contribution in [2.24, 2.45) is 5.73 Å². The Morgan fingerprint density at radius 3 is 2.10 bits per heavy atom. The Morgan fingerprint density at radius 2 is 1.57 bits per heavy atom. The fourth-order valence-corrected chi connectivity index (χ4v) is 4.88. The van der Waals surface area contributed by atoms with Gasteiger partial charge < -0.3 is 5.73 Å². The SMILES string of the molecule is NCc1ccc(CS(=O)(=O)c2c(Cl)cccc2Cl)c(Cl)c1. The number of rotatable bonds is 4. The molecular formula is C14H12Cl3NO2S. The van der Waals surface area contributed by atoms with E-state index in [2.05, 4.69) is 0 Å². The molecule has 0 aliphatic carbocycles. The minimum absolute atomic E-state index is 0.0766. The van der Waals surface area contributed by atoms with E-state index in [4.69, 9.17) is 40.5 Å². The van der Waals surface area contributed by atoms with Crippen LogP contribution in [-0.2, 0) is 22.1 Å². The predicted molar refractivity (Wildman–Crippen MR) is 86.7 cm³/mol. The van der Waals surface area contributed by atoms with Gasteiger partial charge in [-0.25, -0.2) is 8.42 Å². The first-order chi connectivity index (χ1) is 9.85. The fourth-order valence-electron chi connectivity index (χ4n) is 1.89. The van der Waals surface area contributed by atoms with Gasteiger partial charge in [-0.1, -0.05) is 53.0 Å². The third-order valence-electron chi connectivity index (χ3n) is 2.93. The van der Waals surface area contributed by atoms with E-state index in [1.807, 2.05) is 0 Å².